The van der Waals surface area contributed by atoms with Crippen LogP contribution in [0.4, 0.5) is 4.39 Å². The number of carbonyl (C=O) groups is 1. The Labute approximate surface area is 110 Å². The van der Waals surface area contributed by atoms with Crippen LogP contribution in [-0.4, -0.2) is 25.7 Å². The van der Waals surface area contributed by atoms with Gasteiger partial charge in [-0.15, -0.1) is 0 Å². The summed E-state index contributed by atoms with van der Waals surface area (Å²) >= 11 is 0. The predicted molar refractivity (Wildman–Crippen MR) is 66.5 cm³/mol. The lowest BCUT2D eigenvalue weighted by molar-refractivity contribution is -0.110. The van der Waals surface area contributed by atoms with Crippen molar-refractivity contribution >= 4 is 16.1 Å². The Bertz CT molecular complexity index is 665. The molecule has 0 aliphatic heterocycles. The van der Waals surface area contributed by atoms with Crippen LogP contribution < -0.4 is 0 Å². The molecule has 0 aromatic heterocycles. The standard InChI is InChI=1S/C13H12FNO3S/c1-2-19(17,18)12-11(13(12,7-15)8-16)9-4-3-5-10(14)6-9/h3-6,8,11-12H,2H2,1H3/t11-,12-,13+/m1/s1. The molecule has 1 fully saturated rings. The second kappa shape index (κ2) is 4.42. The molecule has 1 aliphatic rings. The maximum absolute atomic E-state index is 13.2. The molecule has 0 radical (unpaired) electrons. The minimum absolute atomic E-state index is 0.152. The summed E-state index contributed by atoms with van der Waals surface area (Å²) in [4.78, 5) is 11.2. The summed E-state index contributed by atoms with van der Waals surface area (Å²) in [6.07, 6.45) is 0.375. The third-order valence-corrected chi connectivity index (χ3v) is 5.81. The van der Waals surface area contributed by atoms with Crippen molar-refractivity contribution in [1.29, 1.82) is 5.26 Å². The molecule has 0 saturated heterocycles. The molecule has 2 rings (SSSR count). The van der Waals surface area contributed by atoms with Gasteiger partial charge in [0.1, 0.15) is 17.5 Å². The minimum Gasteiger partial charge on any atom is -0.302 e. The number of nitriles is 1. The summed E-state index contributed by atoms with van der Waals surface area (Å²) in [6, 6.07) is 7.16. The molecule has 1 saturated carbocycles. The highest BCUT2D eigenvalue weighted by molar-refractivity contribution is 7.92. The quantitative estimate of drug-likeness (QED) is 0.782. The first-order valence-corrected chi connectivity index (χ1v) is 7.49. The summed E-state index contributed by atoms with van der Waals surface area (Å²) in [7, 11) is -3.54. The minimum atomic E-state index is -3.54. The first-order valence-electron chi connectivity index (χ1n) is 5.77. The molecule has 6 heteroatoms. The van der Waals surface area contributed by atoms with Crippen LogP contribution in [0.15, 0.2) is 24.3 Å². The fraction of sp³-hybridized carbons (Fsp3) is 0.385. The van der Waals surface area contributed by atoms with Crippen LogP contribution in [-0.2, 0) is 14.6 Å². The molecule has 1 aromatic carbocycles. The van der Waals surface area contributed by atoms with E-state index in [0.717, 1.165) is 0 Å². The lowest BCUT2D eigenvalue weighted by Gasteiger charge is -2.00. The normalized spacial score (nSPS) is 29.5. The van der Waals surface area contributed by atoms with Gasteiger partial charge in [0.15, 0.2) is 9.84 Å². The molecule has 0 spiro atoms. The lowest BCUT2D eigenvalue weighted by Crippen LogP contribution is -2.17. The second-order valence-corrected chi connectivity index (χ2v) is 6.98. The Kier molecular flexibility index (Phi) is 3.19. The number of hydrogen-bond acceptors (Lipinski definition) is 4. The van der Waals surface area contributed by atoms with Gasteiger partial charge in [-0.1, -0.05) is 19.1 Å². The first kappa shape index (κ1) is 13.7. The van der Waals surface area contributed by atoms with Gasteiger partial charge in [0.05, 0.1) is 11.3 Å². The maximum atomic E-state index is 13.2. The van der Waals surface area contributed by atoms with E-state index in [1.807, 2.05) is 0 Å². The summed E-state index contributed by atoms with van der Waals surface area (Å²) in [6.45, 7) is 1.46. The molecular weight excluding hydrogens is 269 g/mol. The Morgan fingerprint density at radius 3 is 2.68 bits per heavy atom. The Morgan fingerprint density at radius 2 is 2.21 bits per heavy atom. The molecule has 0 heterocycles. The molecular formula is C13H12FNO3S. The van der Waals surface area contributed by atoms with E-state index in [1.54, 1.807) is 6.07 Å². The van der Waals surface area contributed by atoms with E-state index in [-0.39, 0.29) is 5.75 Å². The van der Waals surface area contributed by atoms with Gasteiger partial charge < -0.3 is 4.79 Å². The van der Waals surface area contributed by atoms with E-state index < -0.39 is 32.2 Å². The summed E-state index contributed by atoms with van der Waals surface area (Å²) in [5, 5.41) is 8.07. The Balaban J connectivity index is 2.52. The van der Waals surface area contributed by atoms with Crippen LogP contribution in [0.1, 0.15) is 18.4 Å². The molecule has 0 N–H and O–H groups in total. The van der Waals surface area contributed by atoms with Gasteiger partial charge in [-0.25, -0.2) is 12.8 Å². The van der Waals surface area contributed by atoms with Gasteiger partial charge >= 0.3 is 0 Å². The second-order valence-electron chi connectivity index (χ2n) is 4.57. The smallest absolute Gasteiger partial charge is 0.155 e. The zero-order chi connectivity index (χ0) is 14.3. The Morgan fingerprint density at radius 1 is 1.53 bits per heavy atom. The van der Waals surface area contributed by atoms with Gasteiger partial charge in [-0.2, -0.15) is 5.26 Å². The van der Waals surface area contributed by atoms with E-state index in [2.05, 4.69) is 0 Å². The molecule has 0 amide bonds. The highest BCUT2D eigenvalue weighted by atomic mass is 32.2. The van der Waals surface area contributed by atoms with E-state index in [1.165, 1.54) is 31.2 Å². The number of benzene rings is 1. The van der Waals surface area contributed by atoms with Crippen molar-refractivity contribution in [3.63, 3.8) is 0 Å². The van der Waals surface area contributed by atoms with E-state index in [9.17, 15) is 17.6 Å². The van der Waals surface area contributed by atoms with Crippen molar-refractivity contribution in [2.75, 3.05) is 5.75 Å². The van der Waals surface area contributed by atoms with Crippen LogP contribution in [0.5, 0.6) is 0 Å². The third kappa shape index (κ3) is 1.94. The molecule has 3 atom stereocenters. The fourth-order valence-corrected chi connectivity index (χ4v) is 4.44. The van der Waals surface area contributed by atoms with Crippen LogP contribution in [0.3, 0.4) is 0 Å². The number of halogens is 1. The van der Waals surface area contributed by atoms with Crippen molar-refractivity contribution in [3.05, 3.63) is 35.6 Å². The number of hydrogen-bond donors (Lipinski definition) is 0. The van der Waals surface area contributed by atoms with Crippen molar-refractivity contribution in [2.45, 2.75) is 18.1 Å². The number of carbonyl (C=O) groups excluding carboxylic acids is 1. The van der Waals surface area contributed by atoms with E-state index >= 15 is 0 Å². The number of sulfone groups is 1. The predicted octanol–water partition coefficient (Wildman–Crippen LogP) is 1.44. The maximum Gasteiger partial charge on any atom is 0.155 e. The lowest BCUT2D eigenvalue weighted by atomic mass is 10.0. The average molecular weight is 281 g/mol. The van der Waals surface area contributed by atoms with Crippen LogP contribution in [0.25, 0.3) is 0 Å². The van der Waals surface area contributed by atoms with Gasteiger partial charge in [-0.3, -0.25) is 0 Å². The number of aldehydes is 1. The SMILES string of the molecule is CCS(=O)(=O)[C@@H]1[C@@H](c2cccc(F)c2)[C@]1(C#N)C=O. The topological polar surface area (TPSA) is 75.0 Å². The third-order valence-electron chi connectivity index (χ3n) is 3.56. The Hall–Kier alpha value is -1.74. The number of nitrogens with zero attached hydrogens (tertiary/aromatic N) is 1. The highest BCUT2D eigenvalue weighted by Crippen LogP contribution is 2.61. The van der Waals surface area contributed by atoms with Crippen molar-refractivity contribution in [3.8, 4) is 6.07 Å². The van der Waals surface area contributed by atoms with Gasteiger partial charge in [0, 0.05) is 11.7 Å². The van der Waals surface area contributed by atoms with Gasteiger partial charge in [-0.05, 0) is 17.7 Å². The monoisotopic (exact) mass is 281 g/mol. The molecule has 19 heavy (non-hydrogen) atoms. The molecule has 4 nitrogen and oxygen atoms in total. The largest absolute Gasteiger partial charge is 0.302 e. The molecule has 0 unspecified atom stereocenters. The van der Waals surface area contributed by atoms with Crippen molar-refractivity contribution in [2.24, 2.45) is 5.41 Å². The van der Waals surface area contributed by atoms with Crippen molar-refractivity contribution < 1.29 is 17.6 Å². The molecule has 1 aliphatic carbocycles. The first-order chi connectivity index (χ1) is 8.93. The van der Waals surface area contributed by atoms with E-state index in [4.69, 9.17) is 5.26 Å². The van der Waals surface area contributed by atoms with Crippen LogP contribution in [0, 0.1) is 22.6 Å². The van der Waals surface area contributed by atoms with Crippen molar-refractivity contribution in [1.82, 2.24) is 0 Å². The molecule has 1 aromatic rings. The molecule has 0 bridgehead atoms. The van der Waals surface area contributed by atoms with E-state index in [0.29, 0.717) is 11.8 Å². The summed E-state index contributed by atoms with van der Waals surface area (Å²) < 4.78 is 37.1. The average Bonchev–Trinajstić information content (AvgIpc) is 3.09. The highest BCUT2D eigenvalue weighted by Gasteiger charge is 2.72. The van der Waals surface area contributed by atoms with Gasteiger partial charge in [0.25, 0.3) is 0 Å². The number of rotatable bonds is 4. The van der Waals surface area contributed by atoms with Crippen LogP contribution >= 0.6 is 0 Å². The summed E-state index contributed by atoms with van der Waals surface area (Å²) in [5.74, 6) is -1.45. The van der Waals surface area contributed by atoms with Crippen LogP contribution in [0.2, 0.25) is 0 Å². The summed E-state index contributed by atoms with van der Waals surface area (Å²) in [5.41, 5.74) is -1.21. The fourth-order valence-electron chi connectivity index (χ4n) is 2.51. The zero-order valence-electron chi connectivity index (χ0n) is 10.2. The molecule has 100 valence electrons. The van der Waals surface area contributed by atoms with Gasteiger partial charge in [0.2, 0.25) is 0 Å². The zero-order valence-corrected chi connectivity index (χ0v) is 11.0.